The molecular formula is C34H28ClF4N3O4S. The average Bonchev–Trinajstić information content (AvgIpc) is 2.99. The van der Waals surface area contributed by atoms with Crippen molar-refractivity contribution in [3.63, 3.8) is 0 Å². The lowest BCUT2D eigenvalue weighted by Crippen LogP contribution is -2.20. The highest BCUT2D eigenvalue weighted by molar-refractivity contribution is 8.00. The van der Waals surface area contributed by atoms with E-state index in [-0.39, 0.29) is 46.5 Å². The molecule has 0 heterocycles. The molecule has 0 bridgehead atoms. The zero-order valence-electron chi connectivity index (χ0n) is 24.9. The second-order valence-corrected chi connectivity index (χ2v) is 12.0. The molecule has 1 atom stereocenters. The number of carbonyl (C=O) groups excluding carboxylic acids is 3. The quantitative estimate of drug-likeness (QED) is 0.0283. The van der Waals surface area contributed by atoms with Crippen molar-refractivity contribution < 1.29 is 36.7 Å². The Bertz CT molecular complexity index is 1850. The Morgan fingerprint density at radius 1 is 0.851 bits per heavy atom. The molecule has 4 N–H and O–H groups in total. The molecule has 0 aliphatic rings. The minimum atomic E-state index is -1.10. The van der Waals surface area contributed by atoms with Crippen molar-refractivity contribution in [1.29, 1.82) is 0 Å². The van der Waals surface area contributed by atoms with Crippen molar-refractivity contribution >= 4 is 52.4 Å². The minimum absolute atomic E-state index is 0.0914. The Balaban J connectivity index is 1.48. The summed E-state index contributed by atoms with van der Waals surface area (Å²) in [6.07, 6.45) is -0.254. The number of hydrogen-bond acceptors (Lipinski definition) is 7. The molecule has 0 fully saturated rings. The molecule has 0 aliphatic heterocycles. The maximum Gasteiger partial charge on any atom is 0.302 e. The van der Waals surface area contributed by atoms with Crippen LogP contribution in [0, 0.1) is 23.3 Å². The van der Waals surface area contributed by atoms with Gasteiger partial charge in [0, 0.05) is 52.9 Å². The van der Waals surface area contributed by atoms with Gasteiger partial charge in [-0.2, -0.15) is 0 Å². The Hall–Kier alpha value is -4.52. The van der Waals surface area contributed by atoms with Gasteiger partial charge < -0.3 is 16.2 Å². The summed E-state index contributed by atoms with van der Waals surface area (Å²) in [4.78, 5) is 41.1. The normalized spacial score (nSPS) is 12.1. The van der Waals surface area contributed by atoms with E-state index in [1.807, 2.05) is 0 Å². The highest BCUT2D eigenvalue weighted by atomic mass is 35.5. The summed E-state index contributed by atoms with van der Waals surface area (Å²) in [5.74, 6) is -5.78. The SMILES string of the molecule is CC(=O)OCCc1ccc(N=C(N)CC(=O)c2cc(-c3cc(SC(N)CC(=O)c4ccc(F)cc4F)ccc3Cl)c(F)cc2F)cc1. The third-order valence-electron chi connectivity index (χ3n) is 6.74. The second-order valence-electron chi connectivity index (χ2n) is 10.3. The Labute approximate surface area is 277 Å². The molecule has 0 saturated carbocycles. The van der Waals surface area contributed by atoms with Gasteiger partial charge in [0.1, 0.15) is 29.1 Å². The van der Waals surface area contributed by atoms with Crippen LogP contribution in [0.4, 0.5) is 23.2 Å². The maximum absolute atomic E-state index is 15.1. The third-order valence-corrected chi connectivity index (χ3v) is 8.06. The fourth-order valence-corrected chi connectivity index (χ4v) is 5.63. The molecule has 0 radical (unpaired) electrons. The van der Waals surface area contributed by atoms with Crippen LogP contribution in [-0.4, -0.2) is 35.4 Å². The molecule has 4 rings (SSSR count). The van der Waals surface area contributed by atoms with Crippen molar-refractivity contribution in [2.45, 2.75) is 36.5 Å². The van der Waals surface area contributed by atoms with E-state index in [0.29, 0.717) is 29.1 Å². The van der Waals surface area contributed by atoms with Gasteiger partial charge in [-0.05, 0) is 54.1 Å². The number of benzene rings is 4. The van der Waals surface area contributed by atoms with Gasteiger partial charge in [-0.15, -0.1) is 11.8 Å². The number of ether oxygens (including phenoxy) is 1. The summed E-state index contributed by atoms with van der Waals surface area (Å²) >= 11 is 7.37. The van der Waals surface area contributed by atoms with Crippen molar-refractivity contribution in [3.8, 4) is 11.1 Å². The zero-order chi connectivity index (χ0) is 34.2. The number of Topliss-reactive ketones (excluding diaryl/α,β-unsaturated/α-hetero) is 2. The maximum atomic E-state index is 15.1. The number of ketones is 2. The summed E-state index contributed by atoms with van der Waals surface area (Å²) in [5.41, 5.74) is 12.6. The number of nitrogens with zero attached hydrogens (tertiary/aromatic N) is 1. The topological polar surface area (TPSA) is 125 Å². The van der Waals surface area contributed by atoms with Crippen LogP contribution in [-0.2, 0) is 16.0 Å². The number of carbonyl (C=O) groups is 3. The number of rotatable bonds is 13. The van der Waals surface area contributed by atoms with Crippen LogP contribution < -0.4 is 11.5 Å². The van der Waals surface area contributed by atoms with Gasteiger partial charge in [0.2, 0.25) is 0 Å². The predicted molar refractivity (Wildman–Crippen MR) is 173 cm³/mol. The van der Waals surface area contributed by atoms with Crippen LogP contribution in [0.5, 0.6) is 0 Å². The number of aliphatic imine (C=N–C) groups is 1. The summed E-state index contributed by atoms with van der Waals surface area (Å²) in [6, 6.07) is 15.5. The summed E-state index contributed by atoms with van der Waals surface area (Å²) in [7, 11) is 0. The monoisotopic (exact) mass is 685 g/mol. The lowest BCUT2D eigenvalue weighted by molar-refractivity contribution is -0.140. The molecule has 4 aromatic carbocycles. The van der Waals surface area contributed by atoms with E-state index in [2.05, 4.69) is 4.99 Å². The van der Waals surface area contributed by atoms with Crippen molar-refractivity contribution in [2.24, 2.45) is 16.5 Å². The minimum Gasteiger partial charge on any atom is -0.466 e. The van der Waals surface area contributed by atoms with Gasteiger partial charge in [-0.1, -0.05) is 23.7 Å². The summed E-state index contributed by atoms with van der Waals surface area (Å²) in [6.45, 7) is 1.55. The smallest absolute Gasteiger partial charge is 0.302 e. The second kappa shape index (κ2) is 15.9. The van der Waals surface area contributed by atoms with Gasteiger partial charge in [0.05, 0.1) is 35.2 Å². The zero-order valence-corrected chi connectivity index (χ0v) is 26.4. The van der Waals surface area contributed by atoms with Gasteiger partial charge >= 0.3 is 5.97 Å². The first-order valence-electron chi connectivity index (χ1n) is 14.1. The van der Waals surface area contributed by atoms with E-state index in [1.165, 1.54) is 19.1 Å². The van der Waals surface area contributed by atoms with Crippen LogP contribution in [0.2, 0.25) is 5.02 Å². The number of hydrogen-bond donors (Lipinski definition) is 2. The van der Waals surface area contributed by atoms with Crippen LogP contribution in [0.25, 0.3) is 11.1 Å². The van der Waals surface area contributed by atoms with E-state index in [0.717, 1.165) is 35.5 Å². The molecular weight excluding hydrogens is 658 g/mol. The number of esters is 1. The third kappa shape index (κ3) is 9.74. The predicted octanol–water partition coefficient (Wildman–Crippen LogP) is 7.58. The summed E-state index contributed by atoms with van der Waals surface area (Å²) in [5, 5.41) is -0.774. The molecule has 13 heteroatoms. The molecule has 7 nitrogen and oxygen atoms in total. The number of nitrogens with two attached hydrogens (primary N) is 2. The highest BCUT2D eigenvalue weighted by Gasteiger charge is 2.21. The van der Waals surface area contributed by atoms with Gasteiger partial charge in [0.15, 0.2) is 11.6 Å². The lowest BCUT2D eigenvalue weighted by Gasteiger charge is -2.14. The molecule has 1 unspecified atom stereocenters. The fraction of sp³-hybridized carbons (Fsp3) is 0.176. The van der Waals surface area contributed by atoms with E-state index in [4.69, 9.17) is 27.8 Å². The van der Waals surface area contributed by atoms with Crippen molar-refractivity contribution in [2.75, 3.05) is 6.61 Å². The van der Waals surface area contributed by atoms with Crippen molar-refractivity contribution in [1.82, 2.24) is 0 Å². The van der Waals surface area contributed by atoms with E-state index in [9.17, 15) is 27.6 Å². The van der Waals surface area contributed by atoms with E-state index in [1.54, 1.807) is 30.3 Å². The molecule has 0 saturated heterocycles. The average molecular weight is 686 g/mol. The van der Waals surface area contributed by atoms with Crippen LogP contribution in [0.1, 0.15) is 46.0 Å². The molecule has 244 valence electrons. The number of amidine groups is 1. The molecule has 47 heavy (non-hydrogen) atoms. The first kappa shape index (κ1) is 35.3. The van der Waals surface area contributed by atoms with Crippen molar-refractivity contribution in [3.05, 3.63) is 118 Å². The molecule has 0 aromatic heterocycles. The van der Waals surface area contributed by atoms with Gasteiger partial charge in [-0.3, -0.25) is 14.4 Å². The molecule has 4 aromatic rings. The van der Waals surface area contributed by atoms with Crippen LogP contribution in [0.15, 0.2) is 82.7 Å². The highest BCUT2D eigenvalue weighted by Crippen LogP contribution is 2.36. The lowest BCUT2D eigenvalue weighted by atomic mass is 9.98. The van der Waals surface area contributed by atoms with Crippen LogP contribution >= 0.6 is 23.4 Å². The van der Waals surface area contributed by atoms with Crippen LogP contribution in [0.3, 0.4) is 0 Å². The van der Waals surface area contributed by atoms with E-state index < -0.39 is 52.2 Å². The number of thioether (sulfide) groups is 1. The molecule has 0 spiro atoms. The molecule has 0 amide bonds. The van der Waals surface area contributed by atoms with Gasteiger partial charge in [0.25, 0.3) is 0 Å². The standard InChI is InChI=1S/C34H28ClF4N3O4S/c1-18(43)46-11-10-19-2-5-21(6-3-19)42-33(40)16-31(44)26-14-25(29(38)15-30(26)39)24-13-22(7-9-27(24)35)47-34(41)17-32(45)23-8-4-20(36)12-28(23)37/h2-9,12-15,34H,10-11,16-17,41H2,1H3,(H2,40,42). The van der Waals surface area contributed by atoms with E-state index >= 15 is 4.39 Å². The van der Waals surface area contributed by atoms with Gasteiger partial charge in [-0.25, -0.2) is 22.6 Å². The first-order chi connectivity index (χ1) is 22.3. The Morgan fingerprint density at radius 3 is 2.23 bits per heavy atom. The fourth-order valence-electron chi connectivity index (χ4n) is 4.49. The Kier molecular flexibility index (Phi) is 11.9. The number of halogens is 5. The first-order valence-corrected chi connectivity index (χ1v) is 15.3. The largest absolute Gasteiger partial charge is 0.466 e. The molecule has 0 aliphatic carbocycles. The Morgan fingerprint density at radius 2 is 1.55 bits per heavy atom. The summed E-state index contributed by atoms with van der Waals surface area (Å²) < 4.78 is 62.0.